The summed E-state index contributed by atoms with van der Waals surface area (Å²) in [6, 6.07) is 0. The Morgan fingerprint density at radius 2 is 2.07 bits per heavy atom. The van der Waals surface area contributed by atoms with Gasteiger partial charge in [0, 0.05) is 14.1 Å². The maximum Gasteiger partial charge on any atom is 0.278 e. The first-order chi connectivity index (χ1) is 6.52. The molecule has 0 saturated carbocycles. The summed E-state index contributed by atoms with van der Waals surface area (Å²) in [5.41, 5.74) is 1.29. The van der Waals surface area contributed by atoms with E-state index in [0.29, 0.717) is 11.4 Å². The van der Waals surface area contributed by atoms with E-state index in [1.807, 2.05) is 13.8 Å². The van der Waals surface area contributed by atoms with Gasteiger partial charge in [0.25, 0.3) is 5.91 Å². The second-order valence-electron chi connectivity index (χ2n) is 3.52. The Labute approximate surface area is 82.3 Å². The number of carbonyl (C=O) groups excluding carboxylic acids is 1. The molecule has 5 heteroatoms. The Balaban J connectivity index is 2.59. The maximum absolute atomic E-state index is 11.8. The van der Waals surface area contributed by atoms with E-state index in [1.165, 1.54) is 0 Å². The molecular formula is C9H13N3O2. The van der Waals surface area contributed by atoms with Crippen molar-refractivity contribution in [3.8, 4) is 5.75 Å². The van der Waals surface area contributed by atoms with Gasteiger partial charge in [-0.25, -0.2) is 0 Å². The Bertz CT molecular complexity index is 397. The third-order valence-corrected chi connectivity index (χ3v) is 2.52. The molecule has 1 aliphatic heterocycles. The molecule has 0 aliphatic carbocycles. The van der Waals surface area contributed by atoms with Crippen LogP contribution in [0.25, 0.3) is 0 Å². The normalized spacial score (nSPS) is 20.7. The lowest BCUT2D eigenvalue weighted by Gasteiger charge is -2.30. The highest BCUT2D eigenvalue weighted by molar-refractivity contribution is 5.96. The minimum atomic E-state index is -0.224. The number of hydrogen-bond donors (Lipinski definition) is 0. The number of fused-ring (bicyclic) bond motifs is 1. The van der Waals surface area contributed by atoms with Crippen LogP contribution >= 0.6 is 0 Å². The summed E-state index contributed by atoms with van der Waals surface area (Å²) in [6.45, 7) is 3.68. The van der Waals surface area contributed by atoms with Crippen LogP contribution < -0.4 is 4.74 Å². The minimum Gasteiger partial charge on any atom is -0.466 e. The molecule has 2 heterocycles. The topological polar surface area (TPSA) is 47.4 Å². The first kappa shape index (κ1) is 9.05. The van der Waals surface area contributed by atoms with Gasteiger partial charge in [0.2, 0.25) is 0 Å². The van der Waals surface area contributed by atoms with Crippen molar-refractivity contribution < 1.29 is 9.53 Å². The van der Waals surface area contributed by atoms with Gasteiger partial charge in [0.05, 0.1) is 0 Å². The molecule has 0 N–H and O–H groups in total. The smallest absolute Gasteiger partial charge is 0.278 e. The number of aromatic nitrogens is 2. The molecule has 76 valence electrons. The molecule has 0 radical (unpaired) electrons. The molecule has 1 atom stereocenters. The highest BCUT2D eigenvalue weighted by Crippen LogP contribution is 2.29. The van der Waals surface area contributed by atoms with E-state index in [1.54, 1.807) is 23.7 Å². The van der Waals surface area contributed by atoms with Crippen LogP contribution in [0.3, 0.4) is 0 Å². The number of hydrogen-bond acceptors (Lipinski definition) is 3. The fourth-order valence-corrected chi connectivity index (χ4v) is 1.60. The predicted octanol–water partition coefficient (Wildman–Crippen LogP) is 0.539. The third-order valence-electron chi connectivity index (χ3n) is 2.52. The number of carbonyl (C=O) groups is 1. The maximum atomic E-state index is 11.8. The quantitative estimate of drug-likeness (QED) is 0.607. The van der Waals surface area contributed by atoms with Crippen molar-refractivity contribution in [1.82, 2.24) is 14.7 Å². The van der Waals surface area contributed by atoms with Crippen LogP contribution in [0.1, 0.15) is 23.1 Å². The number of ether oxygens (including phenoxy) is 1. The summed E-state index contributed by atoms with van der Waals surface area (Å²) >= 11 is 0. The van der Waals surface area contributed by atoms with Gasteiger partial charge in [-0.3, -0.25) is 9.48 Å². The van der Waals surface area contributed by atoms with Gasteiger partial charge in [-0.05, 0) is 13.8 Å². The predicted molar refractivity (Wildman–Crippen MR) is 50.1 cm³/mol. The van der Waals surface area contributed by atoms with Gasteiger partial charge in [-0.1, -0.05) is 0 Å². The lowest BCUT2D eigenvalue weighted by Crippen LogP contribution is -2.43. The standard InChI is InChI=1S/C9H13N3O2/c1-5-8-7(12(4)10-5)9(13)11(3)6(2)14-8/h6H,1-4H3. The zero-order valence-electron chi connectivity index (χ0n) is 8.74. The van der Waals surface area contributed by atoms with Gasteiger partial charge in [0.1, 0.15) is 5.69 Å². The molecule has 0 saturated heterocycles. The molecule has 1 aromatic heterocycles. The number of nitrogens with zero attached hydrogens (tertiary/aromatic N) is 3. The average molecular weight is 195 g/mol. The monoisotopic (exact) mass is 195 g/mol. The van der Waals surface area contributed by atoms with Crippen LogP contribution in [0, 0.1) is 6.92 Å². The molecule has 1 aliphatic rings. The Kier molecular flexibility index (Phi) is 1.77. The van der Waals surface area contributed by atoms with Crippen LogP contribution in [0.4, 0.5) is 0 Å². The van der Waals surface area contributed by atoms with Crippen LogP contribution in [0.5, 0.6) is 5.75 Å². The zero-order valence-corrected chi connectivity index (χ0v) is 8.74. The summed E-state index contributed by atoms with van der Waals surface area (Å²) in [5, 5.41) is 4.16. The molecule has 0 fully saturated rings. The fourth-order valence-electron chi connectivity index (χ4n) is 1.60. The molecule has 0 aromatic carbocycles. The Hall–Kier alpha value is -1.52. The van der Waals surface area contributed by atoms with E-state index < -0.39 is 0 Å². The molecule has 14 heavy (non-hydrogen) atoms. The van der Waals surface area contributed by atoms with Crippen LogP contribution in [0.2, 0.25) is 0 Å². The molecule has 5 nitrogen and oxygen atoms in total. The molecule has 0 spiro atoms. The first-order valence-electron chi connectivity index (χ1n) is 4.49. The highest BCUT2D eigenvalue weighted by Gasteiger charge is 2.33. The average Bonchev–Trinajstić information content (AvgIpc) is 2.38. The highest BCUT2D eigenvalue weighted by atomic mass is 16.5. The van der Waals surface area contributed by atoms with E-state index >= 15 is 0 Å². The van der Waals surface area contributed by atoms with Crippen molar-refractivity contribution in [2.45, 2.75) is 20.1 Å². The lowest BCUT2D eigenvalue weighted by atomic mass is 10.2. The lowest BCUT2D eigenvalue weighted by molar-refractivity contribution is 0.0279. The molecule has 0 bridgehead atoms. The Morgan fingerprint density at radius 3 is 2.71 bits per heavy atom. The number of rotatable bonds is 0. The van der Waals surface area contributed by atoms with E-state index in [0.717, 1.165) is 5.69 Å². The second-order valence-corrected chi connectivity index (χ2v) is 3.52. The van der Waals surface area contributed by atoms with Crippen molar-refractivity contribution in [2.75, 3.05) is 7.05 Å². The van der Waals surface area contributed by atoms with Crippen molar-refractivity contribution in [3.05, 3.63) is 11.4 Å². The summed E-state index contributed by atoms with van der Waals surface area (Å²) in [4.78, 5) is 13.4. The largest absolute Gasteiger partial charge is 0.466 e. The van der Waals surface area contributed by atoms with Gasteiger partial charge >= 0.3 is 0 Å². The van der Waals surface area contributed by atoms with Gasteiger partial charge in [-0.2, -0.15) is 5.10 Å². The Morgan fingerprint density at radius 1 is 1.43 bits per heavy atom. The van der Waals surface area contributed by atoms with Crippen molar-refractivity contribution in [2.24, 2.45) is 7.05 Å². The van der Waals surface area contributed by atoms with E-state index in [9.17, 15) is 4.79 Å². The van der Waals surface area contributed by atoms with Gasteiger partial charge in [0.15, 0.2) is 17.7 Å². The van der Waals surface area contributed by atoms with E-state index in [4.69, 9.17) is 4.74 Å². The van der Waals surface area contributed by atoms with E-state index in [-0.39, 0.29) is 12.1 Å². The van der Waals surface area contributed by atoms with Crippen molar-refractivity contribution in [1.29, 1.82) is 0 Å². The minimum absolute atomic E-state index is 0.0400. The van der Waals surface area contributed by atoms with Crippen LogP contribution in [-0.2, 0) is 7.05 Å². The number of aryl methyl sites for hydroxylation is 2. The van der Waals surface area contributed by atoms with Gasteiger partial charge in [-0.15, -0.1) is 0 Å². The van der Waals surface area contributed by atoms with Crippen LogP contribution in [0.15, 0.2) is 0 Å². The number of amides is 1. The molecule has 1 aromatic rings. The summed E-state index contributed by atoms with van der Waals surface area (Å²) < 4.78 is 7.15. The summed E-state index contributed by atoms with van der Waals surface area (Å²) in [7, 11) is 3.47. The van der Waals surface area contributed by atoms with E-state index in [2.05, 4.69) is 5.10 Å². The second kappa shape index (κ2) is 2.73. The molecular weight excluding hydrogens is 182 g/mol. The molecule has 1 amide bonds. The third kappa shape index (κ3) is 1.01. The van der Waals surface area contributed by atoms with Crippen LogP contribution in [-0.4, -0.2) is 33.9 Å². The van der Waals surface area contributed by atoms with Crippen molar-refractivity contribution in [3.63, 3.8) is 0 Å². The summed E-state index contributed by atoms with van der Waals surface area (Å²) in [5.74, 6) is 0.574. The summed E-state index contributed by atoms with van der Waals surface area (Å²) in [6.07, 6.45) is -0.224. The fraction of sp³-hybridized carbons (Fsp3) is 0.556. The SMILES string of the molecule is Cc1nn(C)c2c1OC(C)N(C)C2=O. The molecule has 2 rings (SSSR count). The van der Waals surface area contributed by atoms with Gasteiger partial charge < -0.3 is 9.64 Å². The first-order valence-corrected chi connectivity index (χ1v) is 4.49. The molecule has 1 unspecified atom stereocenters. The van der Waals surface area contributed by atoms with Crippen molar-refractivity contribution >= 4 is 5.91 Å². The zero-order chi connectivity index (χ0) is 10.5.